The third kappa shape index (κ3) is 3.38. The van der Waals surface area contributed by atoms with Crippen molar-refractivity contribution in [3.8, 4) is 6.07 Å². The minimum Gasteiger partial charge on any atom is -0.368 e. The first-order valence-electron chi connectivity index (χ1n) is 7.32. The van der Waals surface area contributed by atoms with E-state index in [1.165, 1.54) is 5.56 Å². The van der Waals surface area contributed by atoms with Crippen molar-refractivity contribution < 1.29 is 0 Å². The molecule has 22 heavy (non-hydrogen) atoms. The third-order valence-electron chi connectivity index (χ3n) is 3.95. The summed E-state index contributed by atoms with van der Waals surface area (Å²) in [7, 11) is 0. The van der Waals surface area contributed by atoms with Crippen molar-refractivity contribution in [3.05, 3.63) is 58.9 Å². The molecular formula is C17H17ClN4. The maximum atomic E-state index is 8.90. The second-order valence-corrected chi connectivity index (χ2v) is 5.80. The molecule has 0 aliphatic carbocycles. The molecule has 2 heterocycles. The Morgan fingerprint density at radius 3 is 2.45 bits per heavy atom. The van der Waals surface area contributed by atoms with Crippen LogP contribution in [0.3, 0.4) is 0 Å². The molecule has 1 aliphatic heterocycles. The van der Waals surface area contributed by atoms with Crippen LogP contribution in [0.25, 0.3) is 0 Å². The molecule has 112 valence electrons. The lowest BCUT2D eigenvalue weighted by molar-refractivity contribution is 0.250. The van der Waals surface area contributed by atoms with Gasteiger partial charge in [-0.25, -0.2) is 0 Å². The fraction of sp³-hybridized carbons (Fsp3) is 0.294. The Hall–Kier alpha value is -2.09. The largest absolute Gasteiger partial charge is 0.368 e. The van der Waals surface area contributed by atoms with Gasteiger partial charge in [-0.2, -0.15) is 5.26 Å². The summed E-state index contributed by atoms with van der Waals surface area (Å²) in [6, 6.07) is 11.7. The highest BCUT2D eigenvalue weighted by Gasteiger charge is 2.19. The Bertz CT molecular complexity index is 673. The monoisotopic (exact) mass is 312 g/mol. The van der Waals surface area contributed by atoms with Crippen molar-refractivity contribution in [1.29, 1.82) is 5.26 Å². The molecule has 0 unspecified atom stereocenters. The third-order valence-corrected chi connectivity index (χ3v) is 4.25. The molecule has 0 spiro atoms. The smallest absolute Gasteiger partial charge is 0.0992 e. The summed E-state index contributed by atoms with van der Waals surface area (Å²) in [5, 5.41) is 9.56. The molecule has 5 heteroatoms. The number of pyridine rings is 1. The Morgan fingerprint density at radius 2 is 1.82 bits per heavy atom. The standard InChI is InChI=1S/C17H17ClN4/c18-16-11-15(12-19)1-2-17(16)22-9-7-21(8-10-22)13-14-3-5-20-6-4-14/h1-6,11H,7-10,13H2. The molecule has 0 saturated carbocycles. The molecule has 0 radical (unpaired) electrons. The fourth-order valence-electron chi connectivity index (χ4n) is 2.73. The van der Waals surface area contributed by atoms with E-state index in [2.05, 4.69) is 33.0 Å². The SMILES string of the molecule is N#Cc1ccc(N2CCN(Cc3ccncc3)CC2)c(Cl)c1. The van der Waals surface area contributed by atoms with E-state index in [4.69, 9.17) is 16.9 Å². The van der Waals surface area contributed by atoms with Crippen LogP contribution >= 0.6 is 11.6 Å². The number of hydrogen-bond acceptors (Lipinski definition) is 4. The van der Waals surface area contributed by atoms with Gasteiger partial charge in [-0.1, -0.05) is 11.6 Å². The van der Waals surface area contributed by atoms with Crippen LogP contribution in [0.4, 0.5) is 5.69 Å². The first-order chi connectivity index (χ1) is 10.8. The van der Waals surface area contributed by atoms with Gasteiger partial charge in [-0.05, 0) is 35.9 Å². The average Bonchev–Trinajstić information content (AvgIpc) is 2.56. The number of nitrogens with zero attached hydrogens (tertiary/aromatic N) is 4. The maximum Gasteiger partial charge on any atom is 0.0992 e. The Kier molecular flexibility index (Phi) is 4.57. The van der Waals surface area contributed by atoms with Crippen LogP contribution in [0.1, 0.15) is 11.1 Å². The maximum absolute atomic E-state index is 8.90. The lowest BCUT2D eigenvalue weighted by Gasteiger charge is -2.36. The van der Waals surface area contributed by atoms with E-state index in [9.17, 15) is 0 Å². The summed E-state index contributed by atoms with van der Waals surface area (Å²) >= 11 is 6.29. The topological polar surface area (TPSA) is 43.2 Å². The van der Waals surface area contributed by atoms with Crippen LogP contribution in [-0.4, -0.2) is 36.1 Å². The van der Waals surface area contributed by atoms with Gasteiger partial charge in [0.15, 0.2) is 0 Å². The molecule has 0 atom stereocenters. The number of hydrogen-bond donors (Lipinski definition) is 0. The Labute approximate surface area is 135 Å². The number of anilines is 1. The highest BCUT2D eigenvalue weighted by Crippen LogP contribution is 2.27. The van der Waals surface area contributed by atoms with Gasteiger partial charge in [0.1, 0.15) is 0 Å². The van der Waals surface area contributed by atoms with Gasteiger partial charge in [-0.3, -0.25) is 9.88 Å². The predicted octanol–water partition coefficient (Wildman–Crippen LogP) is 2.93. The van der Waals surface area contributed by atoms with E-state index in [0.29, 0.717) is 10.6 Å². The first kappa shape index (κ1) is 14.8. The van der Waals surface area contributed by atoms with Crippen molar-refractivity contribution in [2.45, 2.75) is 6.54 Å². The van der Waals surface area contributed by atoms with Crippen LogP contribution in [-0.2, 0) is 6.54 Å². The summed E-state index contributed by atoms with van der Waals surface area (Å²) in [5.74, 6) is 0. The second-order valence-electron chi connectivity index (χ2n) is 5.40. The molecule has 0 amide bonds. The zero-order chi connectivity index (χ0) is 15.4. The molecule has 0 bridgehead atoms. The van der Waals surface area contributed by atoms with Gasteiger partial charge >= 0.3 is 0 Å². The van der Waals surface area contributed by atoms with Crippen LogP contribution in [0.15, 0.2) is 42.7 Å². The highest BCUT2D eigenvalue weighted by molar-refractivity contribution is 6.33. The normalized spacial score (nSPS) is 15.5. The number of benzene rings is 1. The summed E-state index contributed by atoms with van der Waals surface area (Å²) in [6.07, 6.45) is 3.67. The van der Waals surface area contributed by atoms with Crippen molar-refractivity contribution in [2.24, 2.45) is 0 Å². The van der Waals surface area contributed by atoms with Crippen LogP contribution in [0, 0.1) is 11.3 Å². The number of halogens is 1. The lowest BCUT2D eigenvalue weighted by Crippen LogP contribution is -2.46. The van der Waals surface area contributed by atoms with Gasteiger partial charge in [0.25, 0.3) is 0 Å². The number of aromatic nitrogens is 1. The molecule has 0 N–H and O–H groups in total. The highest BCUT2D eigenvalue weighted by atomic mass is 35.5. The second kappa shape index (κ2) is 6.78. The minimum absolute atomic E-state index is 0.602. The molecule has 2 aromatic rings. The molecule has 1 saturated heterocycles. The van der Waals surface area contributed by atoms with E-state index >= 15 is 0 Å². The molecule has 1 aromatic heterocycles. The molecule has 1 aromatic carbocycles. The predicted molar refractivity (Wildman–Crippen MR) is 87.9 cm³/mol. The van der Waals surface area contributed by atoms with Gasteiger partial charge in [-0.15, -0.1) is 0 Å². The molecule has 1 aliphatic rings. The summed E-state index contributed by atoms with van der Waals surface area (Å²) in [5.41, 5.74) is 2.91. The summed E-state index contributed by atoms with van der Waals surface area (Å²) < 4.78 is 0. The number of piperazine rings is 1. The Balaban J connectivity index is 1.61. The van der Waals surface area contributed by atoms with E-state index < -0.39 is 0 Å². The van der Waals surface area contributed by atoms with Crippen LogP contribution < -0.4 is 4.90 Å². The minimum atomic E-state index is 0.602. The Morgan fingerprint density at radius 1 is 1.09 bits per heavy atom. The molecule has 3 rings (SSSR count). The van der Waals surface area contributed by atoms with Crippen LogP contribution in [0.2, 0.25) is 5.02 Å². The van der Waals surface area contributed by atoms with Crippen molar-refractivity contribution in [1.82, 2.24) is 9.88 Å². The van der Waals surface area contributed by atoms with Gasteiger partial charge in [0, 0.05) is 45.1 Å². The molecule has 4 nitrogen and oxygen atoms in total. The van der Waals surface area contributed by atoms with Crippen LogP contribution in [0.5, 0.6) is 0 Å². The zero-order valence-corrected chi connectivity index (χ0v) is 13.0. The van der Waals surface area contributed by atoms with Crippen molar-refractivity contribution >= 4 is 17.3 Å². The zero-order valence-electron chi connectivity index (χ0n) is 12.2. The van der Waals surface area contributed by atoms with Gasteiger partial charge < -0.3 is 4.90 Å². The van der Waals surface area contributed by atoms with E-state index in [1.54, 1.807) is 6.07 Å². The van der Waals surface area contributed by atoms with Crippen molar-refractivity contribution in [2.75, 3.05) is 31.1 Å². The van der Waals surface area contributed by atoms with Crippen molar-refractivity contribution in [3.63, 3.8) is 0 Å². The van der Waals surface area contributed by atoms with Gasteiger partial charge in [0.05, 0.1) is 22.3 Å². The van der Waals surface area contributed by atoms with Gasteiger partial charge in [0.2, 0.25) is 0 Å². The number of rotatable bonds is 3. The fourth-order valence-corrected chi connectivity index (χ4v) is 3.03. The quantitative estimate of drug-likeness (QED) is 0.874. The average molecular weight is 313 g/mol. The van der Waals surface area contributed by atoms with E-state index in [-0.39, 0.29) is 0 Å². The molecular weight excluding hydrogens is 296 g/mol. The lowest BCUT2D eigenvalue weighted by atomic mass is 10.2. The van der Waals surface area contributed by atoms with E-state index in [1.807, 2.05) is 24.5 Å². The summed E-state index contributed by atoms with van der Waals surface area (Å²) in [4.78, 5) is 8.77. The summed E-state index contributed by atoms with van der Waals surface area (Å²) in [6.45, 7) is 4.84. The molecule has 1 fully saturated rings. The van der Waals surface area contributed by atoms with E-state index in [0.717, 1.165) is 38.4 Å². The number of nitriles is 1. The first-order valence-corrected chi connectivity index (χ1v) is 7.70.